The molecule has 1 aliphatic carbocycles. The van der Waals surface area contributed by atoms with E-state index in [2.05, 4.69) is 17.1 Å². The number of anilines is 1. The van der Waals surface area contributed by atoms with Gasteiger partial charge in [0.2, 0.25) is 0 Å². The predicted molar refractivity (Wildman–Crippen MR) is 82.4 cm³/mol. The summed E-state index contributed by atoms with van der Waals surface area (Å²) in [7, 11) is 0. The molecule has 0 amide bonds. The summed E-state index contributed by atoms with van der Waals surface area (Å²) in [5.74, 6) is 0.870. The molecule has 1 aromatic rings. The zero-order valence-corrected chi connectivity index (χ0v) is 12.7. The molecule has 2 aliphatic rings. The molecule has 1 saturated heterocycles. The lowest BCUT2D eigenvalue weighted by Crippen LogP contribution is -2.57. The van der Waals surface area contributed by atoms with E-state index in [9.17, 15) is 0 Å². The third-order valence-corrected chi connectivity index (χ3v) is 4.73. The molecule has 0 bridgehead atoms. The fourth-order valence-electron chi connectivity index (χ4n) is 3.02. The Morgan fingerprint density at radius 3 is 2.47 bits per heavy atom. The Morgan fingerprint density at radius 2 is 1.89 bits per heavy atom. The first kappa shape index (κ1) is 13.5. The van der Waals surface area contributed by atoms with E-state index >= 15 is 0 Å². The molecule has 1 saturated carbocycles. The van der Waals surface area contributed by atoms with Gasteiger partial charge >= 0.3 is 0 Å². The number of hydrogen-bond donors (Lipinski definition) is 1. The zero-order valence-electron chi connectivity index (χ0n) is 11.2. The number of benzene rings is 1. The topological polar surface area (TPSA) is 15.3 Å². The number of rotatable bonds is 3. The van der Waals surface area contributed by atoms with Crippen molar-refractivity contribution in [2.45, 2.75) is 38.3 Å². The van der Waals surface area contributed by atoms with Crippen molar-refractivity contribution in [2.24, 2.45) is 5.92 Å². The van der Waals surface area contributed by atoms with Gasteiger partial charge in [0, 0.05) is 40.9 Å². The highest BCUT2D eigenvalue weighted by Gasteiger charge is 2.36. The van der Waals surface area contributed by atoms with E-state index in [4.69, 9.17) is 23.2 Å². The number of nitrogens with zero attached hydrogens (tertiary/aromatic N) is 1. The minimum Gasteiger partial charge on any atom is -0.366 e. The van der Waals surface area contributed by atoms with E-state index in [-0.39, 0.29) is 0 Å². The van der Waals surface area contributed by atoms with Crippen LogP contribution in [0.1, 0.15) is 26.2 Å². The molecular weight excluding hydrogens is 279 g/mol. The molecule has 1 N–H and O–H groups in total. The average Bonchev–Trinajstić information content (AvgIpc) is 3.21. The fraction of sp³-hybridized carbons (Fsp3) is 0.600. The molecule has 1 heterocycles. The van der Waals surface area contributed by atoms with Crippen molar-refractivity contribution in [1.29, 1.82) is 0 Å². The molecule has 0 spiro atoms. The zero-order chi connectivity index (χ0) is 13.4. The van der Waals surface area contributed by atoms with Crippen molar-refractivity contribution in [3.63, 3.8) is 0 Å². The number of nitrogens with one attached hydrogen (secondary N) is 1. The van der Waals surface area contributed by atoms with Crippen LogP contribution in [0, 0.1) is 5.92 Å². The summed E-state index contributed by atoms with van der Waals surface area (Å²) in [6.07, 6.45) is 3.88. The van der Waals surface area contributed by atoms with Gasteiger partial charge in [-0.25, -0.2) is 0 Å². The van der Waals surface area contributed by atoms with Crippen molar-refractivity contribution in [3.8, 4) is 0 Å². The van der Waals surface area contributed by atoms with E-state index in [1.165, 1.54) is 12.8 Å². The molecule has 1 aromatic carbocycles. The quantitative estimate of drug-likeness (QED) is 0.909. The van der Waals surface area contributed by atoms with Crippen LogP contribution in [0.4, 0.5) is 5.69 Å². The summed E-state index contributed by atoms with van der Waals surface area (Å²) in [6.45, 7) is 4.37. The summed E-state index contributed by atoms with van der Waals surface area (Å²) in [5.41, 5.74) is 1.16. The van der Waals surface area contributed by atoms with Crippen molar-refractivity contribution < 1.29 is 0 Å². The van der Waals surface area contributed by atoms with Gasteiger partial charge in [0.15, 0.2) is 0 Å². The van der Waals surface area contributed by atoms with E-state index in [0.29, 0.717) is 12.1 Å². The van der Waals surface area contributed by atoms with Gasteiger partial charge in [-0.15, -0.1) is 0 Å². The molecule has 0 aromatic heterocycles. The van der Waals surface area contributed by atoms with Crippen LogP contribution >= 0.6 is 23.2 Å². The Labute approximate surface area is 125 Å². The van der Waals surface area contributed by atoms with Gasteiger partial charge in [0.05, 0.1) is 0 Å². The van der Waals surface area contributed by atoms with Crippen LogP contribution in [0.2, 0.25) is 10.0 Å². The lowest BCUT2D eigenvalue weighted by atomic mass is 10.0. The van der Waals surface area contributed by atoms with E-state index in [1.807, 2.05) is 12.1 Å². The maximum Gasteiger partial charge on any atom is 0.0441 e. The largest absolute Gasteiger partial charge is 0.366 e. The van der Waals surface area contributed by atoms with Gasteiger partial charge in [-0.2, -0.15) is 0 Å². The lowest BCUT2D eigenvalue weighted by Gasteiger charge is -2.42. The number of piperazine rings is 1. The van der Waals surface area contributed by atoms with Gasteiger partial charge in [-0.05, 0) is 43.4 Å². The van der Waals surface area contributed by atoms with Crippen LogP contribution in [0.3, 0.4) is 0 Å². The maximum absolute atomic E-state index is 6.14. The molecule has 2 atom stereocenters. The molecule has 104 valence electrons. The van der Waals surface area contributed by atoms with Crippen LogP contribution in [-0.2, 0) is 0 Å². The number of hydrogen-bond acceptors (Lipinski definition) is 2. The Balaban J connectivity index is 1.84. The Hall–Kier alpha value is -0.440. The first-order chi connectivity index (χ1) is 9.17. The second-order valence-electron chi connectivity index (χ2n) is 5.69. The van der Waals surface area contributed by atoms with Crippen molar-refractivity contribution >= 4 is 28.9 Å². The second-order valence-corrected chi connectivity index (χ2v) is 6.57. The third kappa shape index (κ3) is 3.01. The molecule has 4 heteroatoms. The van der Waals surface area contributed by atoms with E-state index in [1.54, 1.807) is 6.07 Å². The smallest absolute Gasteiger partial charge is 0.0441 e. The highest BCUT2D eigenvalue weighted by molar-refractivity contribution is 6.35. The summed E-state index contributed by atoms with van der Waals surface area (Å²) in [5, 5.41) is 5.15. The summed E-state index contributed by atoms with van der Waals surface area (Å²) in [6, 6.07) is 7.02. The van der Waals surface area contributed by atoms with E-state index in [0.717, 1.165) is 41.2 Å². The maximum atomic E-state index is 6.14. The van der Waals surface area contributed by atoms with Crippen LogP contribution < -0.4 is 10.2 Å². The van der Waals surface area contributed by atoms with Crippen LogP contribution in [-0.4, -0.2) is 25.2 Å². The normalized spacial score (nSPS) is 27.6. The van der Waals surface area contributed by atoms with Gasteiger partial charge in [-0.3, -0.25) is 0 Å². The molecule has 19 heavy (non-hydrogen) atoms. The molecule has 3 rings (SSSR count). The minimum atomic E-state index is 0.532. The highest BCUT2D eigenvalue weighted by Crippen LogP contribution is 2.36. The predicted octanol–water partition coefficient (Wildman–Crippen LogP) is 3.96. The molecule has 2 nitrogen and oxygen atoms in total. The average molecular weight is 299 g/mol. The van der Waals surface area contributed by atoms with Crippen LogP contribution in [0.15, 0.2) is 18.2 Å². The van der Waals surface area contributed by atoms with E-state index < -0.39 is 0 Å². The van der Waals surface area contributed by atoms with Gasteiger partial charge in [-0.1, -0.05) is 30.1 Å². The highest BCUT2D eigenvalue weighted by atomic mass is 35.5. The number of halogens is 2. The Bertz CT molecular complexity index is 439. The van der Waals surface area contributed by atoms with Gasteiger partial charge in [0.1, 0.15) is 0 Å². The first-order valence-corrected chi connectivity index (χ1v) is 7.89. The van der Waals surface area contributed by atoms with Crippen LogP contribution in [0.5, 0.6) is 0 Å². The molecule has 0 radical (unpaired) electrons. The third-order valence-electron chi connectivity index (χ3n) is 4.29. The molecule has 2 fully saturated rings. The SMILES string of the molecule is CCC1CNC(C2CC2)CN1c1cc(Cl)cc(Cl)c1. The van der Waals surface area contributed by atoms with Gasteiger partial charge in [0.25, 0.3) is 0 Å². The minimum absolute atomic E-state index is 0.532. The Morgan fingerprint density at radius 1 is 1.21 bits per heavy atom. The molecule has 2 unspecified atom stereocenters. The van der Waals surface area contributed by atoms with Crippen molar-refractivity contribution in [1.82, 2.24) is 5.32 Å². The standard InChI is InChI=1S/C15H20Cl2N2/c1-2-13-8-18-15(10-3-4-10)9-19(13)14-6-11(16)5-12(17)7-14/h5-7,10,13,15,18H,2-4,8-9H2,1H3. The monoisotopic (exact) mass is 298 g/mol. The first-order valence-electron chi connectivity index (χ1n) is 7.13. The summed E-state index contributed by atoms with van der Waals surface area (Å²) >= 11 is 12.3. The second kappa shape index (κ2) is 5.51. The summed E-state index contributed by atoms with van der Waals surface area (Å²) < 4.78 is 0. The Kier molecular flexibility index (Phi) is 3.93. The lowest BCUT2D eigenvalue weighted by molar-refractivity contribution is 0.360. The van der Waals surface area contributed by atoms with Crippen molar-refractivity contribution in [2.75, 3.05) is 18.0 Å². The summed E-state index contributed by atoms with van der Waals surface area (Å²) in [4.78, 5) is 2.48. The van der Waals surface area contributed by atoms with Gasteiger partial charge < -0.3 is 10.2 Å². The fourth-order valence-corrected chi connectivity index (χ4v) is 3.54. The van der Waals surface area contributed by atoms with Crippen molar-refractivity contribution in [3.05, 3.63) is 28.2 Å². The molecule has 1 aliphatic heterocycles. The van der Waals surface area contributed by atoms with Crippen LogP contribution in [0.25, 0.3) is 0 Å². The molecular formula is C15H20Cl2N2.